The molecule has 2 aromatic rings. The first-order valence-electron chi connectivity index (χ1n) is 8.00. The molecule has 0 unspecified atom stereocenters. The number of hydrogen-bond donors (Lipinski definition) is 0. The summed E-state index contributed by atoms with van der Waals surface area (Å²) in [5.74, 6) is 0.355. The van der Waals surface area contributed by atoms with Gasteiger partial charge in [0.2, 0.25) is 0 Å². The molecule has 4 heteroatoms. The zero-order valence-corrected chi connectivity index (χ0v) is 17.0. The number of esters is 1. The van der Waals surface area contributed by atoms with Gasteiger partial charge >= 0.3 is 155 Å². The van der Waals surface area contributed by atoms with E-state index in [-0.39, 0.29) is 39.9 Å². The van der Waals surface area contributed by atoms with E-state index >= 15 is 0 Å². The zero-order chi connectivity index (χ0) is 17.7. The summed E-state index contributed by atoms with van der Waals surface area (Å²) in [7, 11) is 0. The average Bonchev–Trinajstić information content (AvgIpc) is 2.49. The van der Waals surface area contributed by atoms with Crippen LogP contribution in [0.4, 0.5) is 0 Å². The second-order valence-corrected chi connectivity index (χ2v) is 8.95. The van der Waals surface area contributed by atoms with Gasteiger partial charge in [0.15, 0.2) is 0 Å². The molecule has 0 radical (unpaired) electrons. The summed E-state index contributed by atoms with van der Waals surface area (Å²) in [6, 6.07) is 12.5. The third kappa shape index (κ3) is 5.51. The van der Waals surface area contributed by atoms with E-state index in [0.717, 1.165) is 0 Å². The van der Waals surface area contributed by atoms with Crippen LogP contribution in [0.15, 0.2) is 36.4 Å². The molecule has 2 rings (SSSR count). The van der Waals surface area contributed by atoms with E-state index in [1.807, 2.05) is 26.0 Å². The van der Waals surface area contributed by atoms with Crippen molar-refractivity contribution in [3.8, 4) is 5.75 Å². The van der Waals surface area contributed by atoms with Crippen LogP contribution in [0.1, 0.15) is 30.5 Å². The molecule has 130 valence electrons. The van der Waals surface area contributed by atoms with Gasteiger partial charge in [-0.3, -0.25) is 0 Å². The molecule has 3 nitrogen and oxygen atoms in total. The minimum atomic E-state index is -0.340. The predicted octanol–water partition coefficient (Wildman–Crippen LogP) is 1.07. The van der Waals surface area contributed by atoms with E-state index < -0.39 is 0 Å². The van der Waals surface area contributed by atoms with E-state index in [0.29, 0.717) is 5.75 Å². The molecule has 2 aromatic carbocycles. The van der Waals surface area contributed by atoms with Crippen LogP contribution >= 0.6 is 0 Å². The number of hydrogen-bond acceptors (Lipinski definition) is 3. The molecule has 0 amide bonds. The summed E-state index contributed by atoms with van der Waals surface area (Å²) < 4.78 is 13.3. The Bertz CT molecular complexity index is 682. The average molecular weight is 439 g/mol. The molecule has 0 saturated carbocycles. The number of ether oxygens (including phenoxy) is 2. The van der Waals surface area contributed by atoms with Crippen LogP contribution in [0.25, 0.3) is 0 Å². The second-order valence-electron chi connectivity index (χ2n) is 6.09. The van der Waals surface area contributed by atoms with E-state index in [1.165, 1.54) is 23.8 Å². The Balaban J connectivity index is 1.99. The third-order valence-corrected chi connectivity index (χ3v) is 6.90. The summed E-state index contributed by atoms with van der Waals surface area (Å²) in [6.45, 7) is 10.1. The Morgan fingerprint density at radius 3 is 2.17 bits per heavy atom. The Hall–Kier alpha value is -1.56. The fourth-order valence-electron chi connectivity index (χ4n) is 2.45. The van der Waals surface area contributed by atoms with E-state index in [2.05, 4.69) is 45.0 Å². The number of carbonyl (C=O) groups excluding carboxylic acids is 1. The van der Waals surface area contributed by atoms with Crippen LogP contribution in [0.5, 0.6) is 5.75 Å². The van der Waals surface area contributed by atoms with Crippen LogP contribution in [-0.4, -0.2) is 18.7 Å². The van der Waals surface area contributed by atoms with Gasteiger partial charge in [0, 0.05) is 0 Å². The van der Waals surface area contributed by atoms with Crippen molar-refractivity contribution < 1.29 is 35.5 Å². The van der Waals surface area contributed by atoms with Gasteiger partial charge in [-0.2, -0.15) is 0 Å². The van der Waals surface area contributed by atoms with Gasteiger partial charge in [0.1, 0.15) is 0 Å². The molecular weight excluding hydrogens is 415 g/mol. The first-order valence-corrected chi connectivity index (χ1v) is 10.2. The van der Waals surface area contributed by atoms with Crippen LogP contribution in [0, 0.1) is 27.9 Å². The summed E-state index contributed by atoms with van der Waals surface area (Å²) in [6.07, 6.45) is -0.116. The Morgan fingerprint density at radius 2 is 1.62 bits per heavy atom. The Labute approximate surface area is 154 Å². The fraction of sp³-hybridized carbons (Fsp3) is 0.350. The Morgan fingerprint density at radius 1 is 1.04 bits per heavy atom. The molecule has 0 spiro atoms. The van der Waals surface area contributed by atoms with Crippen molar-refractivity contribution in [3.05, 3.63) is 60.2 Å². The standard InChI is InChI=1S/C20H24IO3/c1-13(2)24-19(22)12-23-18-8-6-17(7-9-18)21-20-15(4)10-14(3)11-16(20)5/h6-11,13H,12H2,1-5H3/q-1. The molecule has 0 aliphatic carbocycles. The molecule has 0 atom stereocenters. The number of halogens is 1. The van der Waals surface area contributed by atoms with Crippen molar-refractivity contribution in [1.82, 2.24) is 0 Å². The molecule has 0 N–H and O–H groups in total. The number of rotatable bonds is 6. The summed E-state index contributed by atoms with van der Waals surface area (Å²) in [4.78, 5) is 11.5. The third-order valence-electron chi connectivity index (χ3n) is 3.32. The van der Waals surface area contributed by atoms with Crippen LogP contribution < -0.4 is 25.9 Å². The summed E-state index contributed by atoms with van der Waals surface area (Å²) in [5.41, 5.74) is 4.06. The molecule has 0 heterocycles. The molecule has 0 bridgehead atoms. The van der Waals surface area contributed by atoms with Gasteiger partial charge < -0.3 is 0 Å². The monoisotopic (exact) mass is 439 g/mol. The van der Waals surface area contributed by atoms with E-state index in [9.17, 15) is 4.79 Å². The number of aryl methyl sites for hydroxylation is 3. The topological polar surface area (TPSA) is 35.5 Å². The quantitative estimate of drug-likeness (QED) is 0.499. The van der Waals surface area contributed by atoms with Gasteiger partial charge in [-0.05, 0) is 0 Å². The van der Waals surface area contributed by atoms with Gasteiger partial charge in [0.05, 0.1) is 0 Å². The normalized spacial score (nSPS) is 10.9. The first kappa shape index (κ1) is 18.8. The molecular formula is C20H24IO3-. The van der Waals surface area contributed by atoms with Crippen molar-refractivity contribution in [2.45, 2.75) is 40.7 Å². The second kappa shape index (κ2) is 8.51. The van der Waals surface area contributed by atoms with Crippen molar-refractivity contribution in [2.75, 3.05) is 6.61 Å². The number of benzene rings is 2. The van der Waals surface area contributed by atoms with Crippen molar-refractivity contribution in [1.29, 1.82) is 0 Å². The molecule has 0 aliphatic heterocycles. The van der Waals surface area contributed by atoms with Crippen LogP contribution in [0.2, 0.25) is 0 Å². The van der Waals surface area contributed by atoms with Gasteiger partial charge in [-0.1, -0.05) is 0 Å². The van der Waals surface area contributed by atoms with Crippen LogP contribution in [-0.2, 0) is 9.53 Å². The fourth-order valence-corrected chi connectivity index (χ4v) is 4.96. The summed E-state index contributed by atoms with van der Waals surface area (Å²) >= 11 is -0.222. The molecule has 0 aromatic heterocycles. The molecule has 24 heavy (non-hydrogen) atoms. The maximum absolute atomic E-state index is 11.5. The van der Waals surface area contributed by atoms with Gasteiger partial charge in [0.25, 0.3) is 0 Å². The Kier molecular flexibility index (Phi) is 6.66. The number of carbonyl (C=O) groups is 1. The van der Waals surface area contributed by atoms with Crippen molar-refractivity contribution >= 4 is 5.97 Å². The first-order chi connectivity index (χ1) is 11.3. The predicted molar refractivity (Wildman–Crippen MR) is 91.2 cm³/mol. The van der Waals surface area contributed by atoms with Crippen molar-refractivity contribution in [2.24, 2.45) is 0 Å². The van der Waals surface area contributed by atoms with Gasteiger partial charge in [-0.25, -0.2) is 0 Å². The molecule has 0 fully saturated rings. The maximum atomic E-state index is 11.5. The molecule has 0 aliphatic rings. The van der Waals surface area contributed by atoms with Crippen molar-refractivity contribution in [3.63, 3.8) is 0 Å². The van der Waals surface area contributed by atoms with E-state index in [4.69, 9.17) is 9.47 Å². The molecule has 0 saturated heterocycles. The van der Waals surface area contributed by atoms with Gasteiger partial charge in [-0.15, -0.1) is 0 Å². The van der Waals surface area contributed by atoms with E-state index in [1.54, 1.807) is 0 Å². The summed E-state index contributed by atoms with van der Waals surface area (Å²) in [5, 5.41) is 0. The SMILES string of the molecule is Cc1cc(C)c([I-]c2ccc(OCC(=O)OC(C)C)cc2)c(C)c1. The zero-order valence-electron chi connectivity index (χ0n) is 14.9. The minimum absolute atomic E-state index is 0.0528. The van der Waals surface area contributed by atoms with Crippen LogP contribution in [0.3, 0.4) is 0 Å².